The number of nitrogen functional groups attached to an aromatic ring is 1. The van der Waals surface area contributed by atoms with Gasteiger partial charge in [0, 0.05) is 30.9 Å². The van der Waals surface area contributed by atoms with Crippen LogP contribution in [-0.4, -0.2) is 41.6 Å². The average molecular weight is 277 g/mol. The Labute approximate surface area is 117 Å². The molecule has 1 aliphatic heterocycles. The van der Waals surface area contributed by atoms with Gasteiger partial charge in [-0.1, -0.05) is 0 Å². The van der Waals surface area contributed by atoms with Crippen molar-refractivity contribution < 1.29 is 14.7 Å². The minimum absolute atomic E-state index is 0.120. The Morgan fingerprint density at radius 1 is 1.25 bits per heavy atom. The van der Waals surface area contributed by atoms with E-state index in [1.54, 1.807) is 24.3 Å². The number of likely N-dealkylation sites (tertiary alicyclic amines) is 1. The number of hydrogen-bond acceptors (Lipinski definition) is 3. The van der Waals surface area contributed by atoms with Crippen LogP contribution in [0, 0.1) is 5.92 Å². The highest BCUT2D eigenvalue weighted by Gasteiger charge is 2.22. The molecule has 108 valence electrons. The molecule has 0 saturated carbocycles. The van der Waals surface area contributed by atoms with E-state index in [1.807, 2.05) is 0 Å². The van der Waals surface area contributed by atoms with E-state index >= 15 is 0 Å². The second-order valence-corrected chi connectivity index (χ2v) is 5.05. The number of carbonyl (C=O) groups is 2. The van der Waals surface area contributed by atoms with Crippen LogP contribution in [-0.2, 0) is 0 Å². The number of piperidine rings is 1. The fourth-order valence-corrected chi connectivity index (χ4v) is 2.30. The van der Waals surface area contributed by atoms with E-state index in [0.29, 0.717) is 36.8 Å². The van der Waals surface area contributed by atoms with Crippen molar-refractivity contribution in [3.8, 4) is 0 Å². The summed E-state index contributed by atoms with van der Waals surface area (Å²) >= 11 is 0. The number of carbonyl (C=O) groups excluding carboxylic acids is 1. The fraction of sp³-hybridized carbons (Fsp3) is 0.429. The molecule has 0 spiro atoms. The van der Waals surface area contributed by atoms with Crippen LogP contribution in [0.2, 0.25) is 0 Å². The van der Waals surface area contributed by atoms with Gasteiger partial charge >= 0.3 is 6.09 Å². The molecule has 0 atom stereocenters. The fourth-order valence-electron chi connectivity index (χ4n) is 2.30. The van der Waals surface area contributed by atoms with Gasteiger partial charge in [-0.05, 0) is 43.0 Å². The highest BCUT2D eigenvalue weighted by Crippen LogP contribution is 2.16. The van der Waals surface area contributed by atoms with Gasteiger partial charge < -0.3 is 21.1 Å². The van der Waals surface area contributed by atoms with Crippen molar-refractivity contribution >= 4 is 17.7 Å². The predicted octanol–water partition coefficient (Wildman–Crippen LogP) is 1.39. The van der Waals surface area contributed by atoms with Crippen LogP contribution in [0.1, 0.15) is 23.2 Å². The van der Waals surface area contributed by atoms with Crippen LogP contribution in [0.3, 0.4) is 0 Å². The molecule has 1 saturated heterocycles. The molecule has 0 aliphatic carbocycles. The molecule has 1 aromatic rings. The van der Waals surface area contributed by atoms with Crippen LogP contribution >= 0.6 is 0 Å². The molecule has 1 aliphatic rings. The lowest BCUT2D eigenvalue weighted by atomic mass is 9.97. The molecule has 1 fully saturated rings. The molecular formula is C14H19N3O3. The maximum absolute atomic E-state index is 11.9. The number of carboxylic acid groups (broad SMARTS) is 1. The molecular weight excluding hydrogens is 258 g/mol. The summed E-state index contributed by atoms with van der Waals surface area (Å²) in [7, 11) is 0. The lowest BCUT2D eigenvalue weighted by Gasteiger charge is -2.29. The zero-order chi connectivity index (χ0) is 14.5. The first kappa shape index (κ1) is 14.2. The third-order valence-electron chi connectivity index (χ3n) is 3.61. The van der Waals surface area contributed by atoms with Gasteiger partial charge in [0.1, 0.15) is 0 Å². The Bertz CT molecular complexity index is 479. The zero-order valence-electron chi connectivity index (χ0n) is 11.2. The largest absolute Gasteiger partial charge is 0.465 e. The number of nitrogens with two attached hydrogens (primary N) is 1. The second-order valence-electron chi connectivity index (χ2n) is 5.05. The second kappa shape index (κ2) is 6.27. The molecule has 0 radical (unpaired) electrons. The summed E-state index contributed by atoms with van der Waals surface area (Å²) in [5.74, 6) is 0.217. The molecule has 0 unspecified atom stereocenters. The molecule has 4 N–H and O–H groups in total. The summed E-state index contributed by atoms with van der Waals surface area (Å²) in [4.78, 5) is 24.1. The number of benzene rings is 1. The summed E-state index contributed by atoms with van der Waals surface area (Å²) < 4.78 is 0. The van der Waals surface area contributed by atoms with Crippen molar-refractivity contribution in [2.75, 3.05) is 25.4 Å². The maximum Gasteiger partial charge on any atom is 0.407 e. The van der Waals surface area contributed by atoms with Crippen LogP contribution in [0.4, 0.5) is 10.5 Å². The Balaban J connectivity index is 1.77. The lowest BCUT2D eigenvalue weighted by Crippen LogP contribution is -2.40. The van der Waals surface area contributed by atoms with E-state index in [0.717, 1.165) is 12.8 Å². The SMILES string of the molecule is Nc1ccc(C(=O)NCC2CCN(C(=O)O)CC2)cc1. The molecule has 1 aromatic carbocycles. The van der Waals surface area contributed by atoms with Gasteiger partial charge in [-0.2, -0.15) is 0 Å². The van der Waals surface area contributed by atoms with E-state index in [2.05, 4.69) is 5.32 Å². The average Bonchev–Trinajstić information content (AvgIpc) is 2.46. The minimum atomic E-state index is -0.866. The number of amides is 2. The van der Waals surface area contributed by atoms with Crippen molar-refractivity contribution in [1.29, 1.82) is 0 Å². The number of nitrogens with one attached hydrogen (secondary N) is 1. The summed E-state index contributed by atoms with van der Waals surface area (Å²) in [5, 5.41) is 11.7. The molecule has 1 heterocycles. The van der Waals surface area contributed by atoms with E-state index in [4.69, 9.17) is 10.8 Å². The molecule has 0 aromatic heterocycles. The first-order valence-corrected chi connectivity index (χ1v) is 6.68. The molecule has 0 bridgehead atoms. The van der Waals surface area contributed by atoms with Gasteiger partial charge in [-0.15, -0.1) is 0 Å². The summed E-state index contributed by atoms with van der Waals surface area (Å²) in [5.41, 5.74) is 6.78. The predicted molar refractivity (Wildman–Crippen MR) is 75.5 cm³/mol. The van der Waals surface area contributed by atoms with Crippen molar-refractivity contribution in [2.45, 2.75) is 12.8 Å². The Hall–Kier alpha value is -2.24. The third-order valence-corrected chi connectivity index (χ3v) is 3.61. The third kappa shape index (κ3) is 3.63. The standard InChI is InChI=1S/C14H19N3O3/c15-12-3-1-11(2-4-12)13(18)16-9-10-5-7-17(8-6-10)14(19)20/h1-4,10H,5-9,15H2,(H,16,18)(H,19,20). The lowest BCUT2D eigenvalue weighted by molar-refractivity contribution is 0.0928. The minimum Gasteiger partial charge on any atom is -0.465 e. The van der Waals surface area contributed by atoms with Crippen LogP contribution in [0.25, 0.3) is 0 Å². The maximum atomic E-state index is 11.9. The molecule has 20 heavy (non-hydrogen) atoms. The van der Waals surface area contributed by atoms with E-state index < -0.39 is 6.09 Å². The monoisotopic (exact) mass is 277 g/mol. The normalized spacial score (nSPS) is 15.9. The zero-order valence-corrected chi connectivity index (χ0v) is 11.2. The smallest absolute Gasteiger partial charge is 0.407 e. The Kier molecular flexibility index (Phi) is 4.45. The first-order valence-electron chi connectivity index (χ1n) is 6.68. The van der Waals surface area contributed by atoms with Crippen molar-refractivity contribution in [2.24, 2.45) is 5.92 Å². The number of rotatable bonds is 3. The van der Waals surface area contributed by atoms with E-state index in [-0.39, 0.29) is 5.91 Å². The molecule has 6 heteroatoms. The van der Waals surface area contributed by atoms with Gasteiger partial charge in [-0.25, -0.2) is 4.79 Å². The van der Waals surface area contributed by atoms with Crippen molar-refractivity contribution in [3.63, 3.8) is 0 Å². The summed E-state index contributed by atoms with van der Waals surface area (Å²) in [6.45, 7) is 1.66. The van der Waals surface area contributed by atoms with Gasteiger partial charge in [0.25, 0.3) is 5.91 Å². The molecule has 2 rings (SSSR count). The van der Waals surface area contributed by atoms with Crippen LogP contribution < -0.4 is 11.1 Å². The highest BCUT2D eigenvalue weighted by molar-refractivity contribution is 5.94. The van der Waals surface area contributed by atoms with Crippen molar-refractivity contribution in [3.05, 3.63) is 29.8 Å². The van der Waals surface area contributed by atoms with Gasteiger partial charge in [0.2, 0.25) is 0 Å². The number of nitrogens with zero attached hydrogens (tertiary/aromatic N) is 1. The van der Waals surface area contributed by atoms with E-state index in [9.17, 15) is 9.59 Å². The summed E-state index contributed by atoms with van der Waals surface area (Å²) in [6, 6.07) is 6.77. The van der Waals surface area contributed by atoms with Crippen molar-refractivity contribution in [1.82, 2.24) is 10.2 Å². The topological polar surface area (TPSA) is 95.7 Å². The Morgan fingerprint density at radius 2 is 1.85 bits per heavy atom. The van der Waals surface area contributed by atoms with Gasteiger partial charge in [0.05, 0.1) is 0 Å². The number of anilines is 1. The van der Waals surface area contributed by atoms with Gasteiger partial charge in [0.15, 0.2) is 0 Å². The van der Waals surface area contributed by atoms with Crippen LogP contribution in [0.15, 0.2) is 24.3 Å². The van der Waals surface area contributed by atoms with Crippen LogP contribution in [0.5, 0.6) is 0 Å². The van der Waals surface area contributed by atoms with E-state index in [1.165, 1.54) is 4.90 Å². The highest BCUT2D eigenvalue weighted by atomic mass is 16.4. The molecule has 2 amide bonds. The summed E-state index contributed by atoms with van der Waals surface area (Å²) in [6.07, 6.45) is 0.706. The molecule has 6 nitrogen and oxygen atoms in total. The quantitative estimate of drug-likeness (QED) is 0.727. The first-order chi connectivity index (χ1) is 9.56. The Morgan fingerprint density at radius 3 is 2.40 bits per heavy atom. The number of hydrogen-bond donors (Lipinski definition) is 3. The van der Waals surface area contributed by atoms with Gasteiger partial charge in [-0.3, -0.25) is 4.79 Å².